The molecule has 0 aliphatic heterocycles. The maximum Gasteiger partial charge on any atom is 0.341 e. The topological polar surface area (TPSA) is 68.3 Å². The standard InChI is InChI=1S/C25H24N2O3S2/c1-4-15-11-12-22(31-15)21-14-18(17-9-7-8-10-20(17)26-21)23(28)27-24-19(25(29)30-6-3)13-16(5-2)32-24/h7-14H,4-6H2,1-3H3,(H,27,28). The maximum absolute atomic E-state index is 13.4. The number of anilines is 1. The first-order valence-corrected chi connectivity index (χ1v) is 12.3. The van der Waals surface area contributed by atoms with Crippen molar-refractivity contribution in [1.82, 2.24) is 4.98 Å². The van der Waals surface area contributed by atoms with Gasteiger partial charge in [0.25, 0.3) is 5.91 Å². The van der Waals surface area contributed by atoms with E-state index in [1.165, 1.54) is 16.2 Å². The number of amides is 1. The van der Waals surface area contributed by atoms with Gasteiger partial charge in [0.1, 0.15) is 5.00 Å². The number of aromatic nitrogens is 1. The number of esters is 1. The predicted octanol–water partition coefficient (Wildman–Crippen LogP) is 6.58. The molecule has 5 nitrogen and oxygen atoms in total. The molecule has 0 unspecified atom stereocenters. The molecule has 1 N–H and O–H groups in total. The molecule has 1 aromatic carbocycles. The molecule has 3 heterocycles. The minimum Gasteiger partial charge on any atom is -0.462 e. The number of aryl methyl sites for hydroxylation is 2. The molecular weight excluding hydrogens is 440 g/mol. The fourth-order valence-corrected chi connectivity index (χ4v) is 5.32. The summed E-state index contributed by atoms with van der Waals surface area (Å²) in [7, 11) is 0. The minimum atomic E-state index is -0.426. The average Bonchev–Trinajstić information content (AvgIpc) is 3.45. The zero-order valence-corrected chi connectivity index (χ0v) is 19.9. The quantitative estimate of drug-likeness (QED) is 0.314. The molecule has 4 rings (SSSR count). The highest BCUT2D eigenvalue weighted by Gasteiger charge is 2.21. The number of nitrogens with one attached hydrogen (secondary N) is 1. The van der Waals surface area contributed by atoms with E-state index in [2.05, 4.69) is 18.3 Å². The van der Waals surface area contributed by atoms with E-state index in [1.54, 1.807) is 24.3 Å². The van der Waals surface area contributed by atoms with Gasteiger partial charge in [-0.2, -0.15) is 0 Å². The van der Waals surface area contributed by atoms with Gasteiger partial charge in [-0.25, -0.2) is 9.78 Å². The molecule has 0 aliphatic carbocycles. The molecule has 4 aromatic rings. The van der Waals surface area contributed by atoms with Gasteiger partial charge in [-0.3, -0.25) is 4.79 Å². The smallest absolute Gasteiger partial charge is 0.341 e. The first-order chi connectivity index (χ1) is 15.5. The second-order valence-electron chi connectivity index (χ2n) is 7.18. The summed E-state index contributed by atoms with van der Waals surface area (Å²) in [6, 6.07) is 15.4. The van der Waals surface area contributed by atoms with Crippen LogP contribution in [0.4, 0.5) is 5.00 Å². The van der Waals surface area contributed by atoms with Crippen LogP contribution in [0.1, 0.15) is 51.2 Å². The van der Waals surface area contributed by atoms with E-state index in [0.29, 0.717) is 16.1 Å². The van der Waals surface area contributed by atoms with Crippen LogP contribution in [0.3, 0.4) is 0 Å². The molecule has 0 saturated heterocycles. The number of thiophene rings is 2. The zero-order chi connectivity index (χ0) is 22.7. The number of pyridine rings is 1. The third kappa shape index (κ3) is 4.45. The Morgan fingerprint density at radius 2 is 1.72 bits per heavy atom. The van der Waals surface area contributed by atoms with Crippen LogP contribution in [0.2, 0.25) is 0 Å². The van der Waals surface area contributed by atoms with Crippen LogP contribution in [0.25, 0.3) is 21.5 Å². The van der Waals surface area contributed by atoms with E-state index < -0.39 is 5.97 Å². The molecule has 0 bridgehead atoms. The molecule has 0 fully saturated rings. The Labute approximate surface area is 195 Å². The molecule has 0 saturated carbocycles. The number of para-hydroxylation sites is 1. The van der Waals surface area contributed by atoms with Gasteiger partial charge in [0.05, 0.1) is 33.8 Å². The molecule has 164 valence electrons. The van der Waals surface area contributed by atoms with Crippen LogP contribution in [-0.4, -0.2) is 23.5 Å². The lowest BCUT2D eigenvalue weighted by atomic mass is 10.1. The Morgan fingerprint density at radius 3 is 2.44 bits per heavy atom. The van der Waals surface area contributed by atoms with Crippen molar-refractivity contribution in [2.45, 2.75) is 33.6 Å². The summed E-state index contributed by atoms with van der Waals surface area (Å²) >= 11 is 3.09. The number of hydrogen-bond acceptors (Lipinski definition) is 6. The van der Waals surface area contributed by atoms with Crippen LogP contribution in [-0.2, 0) is 17.6 Å². The van der Waals surface area contributed by atoms with E-state index in [4.69, 9.17) is 9.72 Å². The van der Waals surface area contributed by atoms with Gasteiger partial charge in [-0.05, 0) is 50.1 Å². The van der Waals surface area contributed by atoms with E-state index in [9.17, 15) is 9.59 Å². The SMILES string of the molecule is CCOC(=O)c1cc(CC)sc1NC(=O)c1cc(-c2ccc(CC)s2)nc2ccccc12. The summed E-state index contributed by atoms with van der Waals surface area (Å²) in [5.41, 5.74) is 2.45. The van der Waals surface area contributed by atoms with Gasteiger partial charge in [0, 0.05) is 15.1 Å². The zero-order valence-electron chi connectivity index (χ0n) is 18.2. The first-order valence-electron chi connectivity index (χ1n) is 10.6. The fraction of sp³-hybridized carbons (Fsp3) is 0.240. The molecule has 1 amide bonds. The van der Waals surface area contributed by atoms with Gasteiger partial charge < -0.3 is 10.1 Å². The van der Waals surface area contributed by atoms with Crippen molar-refractivity contribution >= 4 is 50.5 Å². The van der Waals surface area contributed by atoms with Crippen molar-refractivity contribution < 1.29 is 14.3 Å². The lowest BCUT2D eigenvalue weighted by Gasteiger charge is -2.10. The van der Waals surface area contributed by atoms with Crippen molar-refractivity contribution in [3.8, 4) is 10.6 Å². The summed E-state index contributed by atoms with van der Waals surface area (Å²) in [6.45, 7) is 6.18. The molecule has 32 heavy (non-hydrogen) atoms. The number of carbonyl (C=O) groups excluding carboxylic acids is 2. The number of ether oxygens (including phenoxy) is 1. The van der Waals surface area contributed by atoms with Crippen molar-refractivity contribution in [3.63, 3.8) is 0 Å². The van der Waals surface area contributed by atoms with Gasteiger partial charge in [0.15, 0.2) is 0 Å². The first kappa shape index (κ1) is 22.2. The highest BCUT2D eigenvalue weighted by Crippen LogP contribution is 2.33. The van der Waals surface area contributed by atoms with E-state index >= 15 is 0 Å². The molecular formula is C25H24N2O3S2. The largest absolute Gasteiger partial charge is 0.462 e. The monoisotopic (exact) mass is 464 g/mol. The number of benzene rings is 1. The second kappa shape index (κ2) is 9.63. The Balaban J connectivity index is 1.75. The summed E-state index contributed by atoms with van der Waals surface area (Å²) in [5.74, 6) is -0.697. The normalized spacial score (nSPS) is 11.0. The third-order valence-electron chi connectivity index (χ3n) is 5.08. The van der Waals surface area contributed by atoms with Gasteiger partial charge >= 0.3 is 5.97 Å². The Morgan fingerprint density at radius 1 is 0.938 bits per heavy atom. The van der Waals surface area contributed by atoms with Crippen molar-refractivity contribution in [2.24, 2.45) is 0 Å². The van der Waals surface area contributed by atoms with Crippen LogP contribution < -0.4 is 5.32 Å². The Bertz CT molecular complexity index is 1290. The molecule has 0 atom stereocenters. The van der Waals surface area contributed by atoms with Crippen molar-refractivity contribution in [2.75, 3.05) is 11.9 Å². The molecule has 0 spiro atoms. The fourth-order valence-electron chi connectivity index (χ4n) is 3.44. The minimum absolute atomic E-state index is 0.271. The Kier molecular flexibility index (Phi) is 6.67. The van der Waals surface area contributed by atoms with Crippen LogP contribution in [0, 0.1) is 0 Å². The van der Waals surface area contributed by atoms with Crippen LogP contribution in [0.15, 0.2) is 48.5 Å². The van der Waals surface area contributed by atoms with Gasteiger partial charge in [-0.1, -0.05) is 32.0 Å². The Hall–Kier alpha value is -3.03. The summed E-state index contributed by atoms with van der Waals surface area (Å²) in [6.07, 6.45) is 1.73. The molecule has 7 heteroatoms. The van der Waals surface area contributed by atoms with Gasteiger partial charge in [-0.15, -0.1) is 22.7 Å². The van der Waals surface area contributed by atoms with Gasteiger partial charge in [0.2, 0.25) is 0 Å². The summed E-state index contributed by atoms with van der Waals surface area (Å²) in [5, 5.41) is 4.24. The molecule has 0 radical (unpaired) electrons. The number of hydrogen-bond donors (Lipinski definition) is 1. The number of fused-ring (bicyclic) bond motifs is 1. The van der Waals surface area contributed by atoms with Crippen molar-refractivity contribution in [3.05, 3.63) is 69.4 Å². The van der Waals surface area contributed by atoms with Crippen LogP contribution in [0.5, 0.6) is 0 Å². The summed E-state index contributed by atoms with van der Waals surface area (Å²) in [4.78, 5) is 33.9. The highest BCUT2D eigenvalue weighted by atomic mass is 32.1. The van der Waals surface area contributed by atoms with Crippen molar-refractivity contribution in [1.29, 1.82) is 0 Å². The van der Waals surface area contributed by atoms with Crippen LogP contribution >= 0.6 is 22.7 Å². The number of nitrogens with zero attached hydrogens (tertiary/aromatic N) is 1. The second-order valence-corrected chi connectivity index (χ2v) is 9.48. The molecule has 3 aromatic heterocycles. The maximum atomic E-state index is 13.4. The van der Waals surface area contributed by atoms with E-state index in [0.717, 1.165) is 39.2 Å². The number of carbonyl (C=O) groups is 2. The lowest BCUT2D eigenvalue weighted by Crippen LogP contribution is -2.15. The average molecular weight is 465 g/mol. The van der Waals surface area contributed by atoms with E-state index in [1.807, 2.05) is 43.3 Å². The highest BCUT2D eigenvalue weighted by molar-refractivity contribution is 7.16. The van der Waals surface area contributed by atoms with E-state index in [-0.39, 0.29) is 12.5 Å². The molecule has 0 aliphatic rings. The predicted molar refractivity (Wildman–Crippen MR) is 132 cm³/mol. The summed E-state index contributed by atoms with van der Waals surface area (Å²) < 4.78 is 5.18. The lowest BCUT2D eigenvalue weighted by molar-refractivity contribution is 0.0528. The third-order valence-corrected chi connectivity index (χ3v) is 7.52. The number of rotatable bonds is 7.